The fourth-order valence-corrected chi connectivity index (χ4v) is 1.93. The summed E-state index contributed by atoms with van der Waals surface area (Å²) < 4.78 is 0. The lowest BCUT2D eigenvalue weighted by Crippen LogP contribution is -2.60. The number of carbonyl (C=O) groups excluding carboxylic acids is 1. The molecule has 94 valence electrons. The molecule has 0 aromatic rings. The molecule has 1 amide bonds. The van der Waals surface area contributed by atoms with E-state index in [1.165, 1.54) is 0 Å². The molecule has 1 aliphatic rings. The average molecular weight is 228 g/mol. The highest BCUT2D eigenvalue weighted by Gasteiger charge is 2.38. The van der Waals surface area contributed by atoms with E-state index < -0.39 is 0 Å². The second kappa shape index (κ2) is 5.64. The number of nitrogens with one attached hydrogen (secondary N) is 2. The molecule has 3 N–H and O–H groups in total. The summed E-state index contributed by atoms with van der Waals surface area (Å²) in [6, 6.07) is -0.230. The van der Waals surface area contributed by atoms with Crippen LogP contribution >= 0.6 is 0 Å². The number of hydrogen-bond donors (Lipinski definition) is 3. The van der Waals surface area contributed by atoms with Crippen molar-refractivity contribution in [3.8, 4) is 0 Å². The molecule has 0 radical (unpaired) electrons. The van der Waals surface area contributed by atoms with Gasteiger partial charge in [-0.2, -0.15) is 0 Å². The van der Waals surface area contributed by atoms with Crippen molar-refractivity contribution in [2.75, 3.05) is 13.2 Å². The van der Waals surface area contributed by atoms with E-state index in [1.807, 2.05) is 6.92 Å². The van der Waals surface area contributed by atoms with Gasteiger partial charge in [0, 0.05) is 12.1 Å². The third kappa shape index (κ3) is 3.46. The minimum Gasteiger partial charge on any atom is -0.394 e. The highest BCUT2D eigenvalue weighted by Crippen LogP contribution is 2.31. The highest BCUT2D eigenvalue weighted by molar-refractivity contribution is 5.81. The summed E-state index contributed by atoms with van der Waals surface area (Å²) >= 11 is 0. The van der Waals surface area contributed by atoms with Gasteiger partial charge < -0.3 is 10.4 Å². The number of amides is 1. The summed E-state index contributed by atoms with van der Waals surface area (Å²) in [5, 5.41) is 15.4. The van der Waals surface area contributed by atoms with Gasteiger partial charge in [0.2, 0.25) is 5.91 Å². The SMILES string of the molecule is CC(C)CNC(=O)C(C)NC1(CO)CCC1. The third-order valence-corrected chi connectivity index (χ3v) is 3.21. The zero-order valence-corrected chi connectivity index (χ0v) is 10.5. The van der Waals surface area contributed by atoms with Gasteiger partial charge in [0.15, 0.2) is 0 Å². The van der Waals surface area contributed by atoms with E-state index in [0.29, 0.717) is 12.5 Å². The Morgan fingerprint density at radius 1 is 1.38 bits per heavy atom. The Bertz CT molecular complexity index is 232. The minimum absolute atomic E-state index is 0.0217. The van der Waals surface area contributed by atoms with Crippen LogP contribution in [-0.2, 0) is 4.79 Å². The van der Waals surface area contributed by atoms with Crippen LogP contribution in [0.1, 0.15) is 40.0 Å². The van der Waals surface area contributed by atoms with Gasteiger partial charge >= 0.3 is 0 Å². The van der Waals surface area contributed by atoms with Crippen LogP contribution < -0.4 is 10.6 Å². The largest absolute Gasteiger partial charge is 0.394 e. The van der Waals surface area contributed by atoms with E-state index >= 15 is 0 Å². The number of carbonyl (C=O) groups is 1. The van der Waals surface area contributed by atoms with Gasteiger partial charge in [-0.05, 0) is 32.1 Å². The molecular weight excluding hydrogens is 204 g/mol. The first-order valence-electron chi connectivity index (χ1n) is 6.15. The lowest BCUT2D eigenvalue weighted by Gasteiger charge is -2.42. The number of aliphatic hydroxyl groups is 1. The molecule has 4 heteroatoms. The molecule has 0 aromatic heterocycles. The summed E-state index contributed by atoms with van der Waals surface area (Å²) in [5.74, 6) is 0.486. The molecule has 1 atom stereocenters. The zero-order chi connectivity index (χ0) is 12.2. The van der Waals surface area contributed by atoms with Gasteiger partial charge in [0.05, 0.1) is 12.6 Å². The second-order valence-corrected chi connectivity index (χ2v) is 5.30. The summed E-state index contributed by atoms with van der Waals surface area (Å²) in [4.78, 5) is 11.7. The molecule has 1 fully saturated rings. The van der Waals surface area contributed by atoms with E-state index in [4.69, 9.17) is 0 Å². The van der Waals surface area contributed by atoms with Crippen molar-refractivity contribution in [3.63, 3.8) is 0 Å². The van der Waals surface area contributed by atoms with Gasteiger partial charge in [0.1, 0.15) is 0 Å². The molecule has 0 heterocycles. The van der Waals surface area contributed by atoms with E-state index in [2.05, 4.69) is 24.5 Å². The predicted octanol–water partition coefficient (Wildman–Crippen LogP) is 0.652. The van der Waals surface area contributed by atoms with Crippen molar-refractivity contribution >= 4 is 5.91 Å². The van der Waals surface area contributed by atoms with E-state index in [9.17, 15) is 9.90 Å². The van der Waals surface area contributed by atoms with Crippen molar-refractivity contribution in [3.05, 3.63) is 0 Å². The maximum atomic E-state index is 11.7. The zero-order valence-electron chi connectivity index (χ0n) is 10.5. The monoisotopic (exact) mass is 228 g/mol. The van der Waals surface area contributed by atoms with Gasteiger partial charge in [0.25, 0.3) is 0 Å². The van der Waals surface area contributed by atoms with Crippen LogP contribution in [0.4, 0.5) is 0 Å². The maximum absolute atomic E-state index is 11.7. The van der Waals surface area contributed by atoms with Crippen LogP contribution in [-0.4, -0.2) is 35.7 Å². The van der Waals surface area contributed by atoms with Gasteiger partial charge in [-0.3, -0.25) is 10.1 Å². The smallest absolute Gasteiger partial charge is 0.236 e. The summed E-state index contributed by atoms with van der Waals surface area (Å²) in [6.07, 6.45) is 3.06. The van der Waals surface area contributed by atoms with Crippen LogP contribution in [0.25, 0.3) is 0 Å². The minimum atomic E-state index is -0.230. The molecule has 16 heavy (non-hydrogen) atoms. The number of rotatable bonds is 6. The van der Waals surface area contributed by atoms with Crippen molar-refractivity contribution in [1.82, 2.24) is 10.6 Å². The van der Waals surface area contributed by atoms with Crippen LogP contribution in [0.2, 0.25) is 0 Å². The summed E-state index contributed by atoms with van der Waals surface area (Å²) in [7, 11) is 0. The molecule has 0 saturated heterocycles. The molecule has 1 unspecified atom stereocenters. The Labute approximate surface area is 97.8 Å². The standard InChI is InChI=1S/C12H24N2O2/c1-9(2)7-13-11(16)10(3)14-12(8-15)5-4-6-12/h9-10,14-15H,4-8H2,1-3H3,(H,13,16). The van der Waals surface area contributed by atoms with E-state index in [1.54, 1.807) is 0 Å². The average Bonchev–Trinajstić information content (AvgIpc) is 2.19. The molecule has 0 spiro atoms. The lowest BCUT2D eigenvalue weighted by atomic mass is 9.77. The lowest BCUT2D eigenvalue weighted by molar-refractivity contribution is -0.124. The second-order valence-electron chi connectivity index (χ2n) is 5.30. The summed E-state index contributed by atoms with van der Waals surface area (Å²) in [5.41, 5.74) is -0.200. The topological polar surface area (TPSA) is 61.4 Å². The Morgan fingerprint density at radius 3 is 2.38 bits per heavy atom. The first-order valence-corrected chi connectivity index (χ1v) is 6.15. The Kier molecular flexibility index (Phi) is 4.74. The fraction of sp³-hybridized carbons (Fsp3) is 0.917. The first kappa shape index (κ1) is 13.5. The number of hydrogen-bond acceptors (Lipinski definition) is 3. The predicted molar refractivity (Wildman–Crippen MR) is 64.1 cm³/mol. The Balaban J connectivity index is 2.33. The van der Waals surface area contributed by atoms with Gasteiger partial charge in [-0.15, -0.1) is 0 Å². The van der Waals surface area contributed by atoms with Gasteiger partial charge in [-0.25, -0.2) is 0 Å². The Hall–Kier alpha value is -0.610. The normalized spacial score (nSPS) is 20.3. The first-order chi connectivity index (χ1) is 7.49. The quantitative estimate of drug-likeness (QED) is 0.625. The molecule has 1 aliphatic carbocycles. The molecular formula is C12H24N2O2. The number of aliphatic hydroxyl groups excluding tert-OH is 1. The third-order valence-electron chi connectivity index (χ3n) is 3.21. The van der Waals surface area contributed by atoms with Gasteiger partial charge in [-0.1, -0.05) is 13.8 Å². The van der Waals surface area contributed by atoms with E-state index in [-0.39, 0.29) is 24.1 Å². The van der Waals surface area contributed by atoms with E-state index in [0.717, 1.165) is 19.3 Å². The van der Waals surface area contributed by atoms with Crippen molar-refractivity contribution in [1.29, 1.82) is 0 Å². The van der Waals surface area contributed by atoms with Crippen LogP contribution in [0.15, 0.2) is 0 Å². The van der Waals surface area contributed by atoms with Crippen molar-refractivity contribution < 1.29 is 9.90 Å². The van der Waals surface area contributed by atoms with Crippen molar-refractivity contribution in [2.45, 2.75) is 51.6 Å². The fourth-order valence-electron chi connectivity index (χ4n) is 1.93. The molecule has 4 nitrogen and oxygen atoms in total. The highest BCUT2D eigenvalue weighted by atomic mass is 16.3. The molecule has 1 rings (SSSR count). The van der Waals surface area contributed by atoms with Crippen molar-refractivity contribution in [2.24, 2.45) is 5.92 Å². The molecule has 0 aromatic carbocycles. The maximum Gasteiger partial charge on any atom is 0.236 e. The molecule has 0 bridgehead atoms. The summed E-state index contributed by atoms with van der Waals surface area (Å²) in [6.45, 7) is 6.82. The molecule has 0 aliphatic heterocycles. The van der Waals surface area contributed by atoms with Crippen LogP contribution in [0.3, 0.4) is 0 Å². The molecule has 1 saturated carbocycles. The van der Waals surface area contributed by atoms with Crippen LogP contribution in [0, 0.1) is 5.92 Å². The Morgan fingerprint density at radius 2 is 2.00 bits per heavy atom. The van der Waals surface area contributed by atoms with Crippen LogP contribution in [0.5, 0.6) is 0 Å².